The molecule has 0 aliphatic carbocycles. The summed E-state index contributed by atoms with van der Waals surface area (Å²) in [6.45, 7) is 1.84. The van der Waals surface area contributed by atoms with E-state index in [2.05, 4.69) is 9.97 Å². The minimum absolute atomic E-state index is 0.0591. The number of rotatable bonds is 2. The molecule has 76 valence electrons. The van der Waals surface area contributed by atoms with Crippen LogP contribution in [0.1, 0.15) is 23.1 Å². The monoisotopic (exact) mass is 201 g/mol. The van der Waals surface area contributed by atoms with Gasteiger partial charge in [0.15, 0.2) is 0 Å². The van der Waals surface area contributed by atoms with E-state index in [1.54, 1.807) is 18.2 Å². The van der Waals surface area contributed by atoms with Gasteiger partial charge in [-0.25, -0.2) is 9.97 Å². The Morgan fingerprint density at radius 1 is 1.27 bits per heavy atom. The highest BCUT2D eigenvalue weighted by molar-refractivity contribution is 5.88. The standard InChI is InChI=1S/C11H10N2O2/c1-2-7-10(11(14)15)13-9-6-4-3-5-8(9)12-7/h3-6H,2H2,1H3,(H,14,15)/p-1. The zero-order valence-electron chi connectivity index (χ0n) is 8.23. The molecule has 15 heavy (non-hydrogen) atoms. The summed E-state index contributed by atoms with van der Waals surface area (Å²) in [5.74, 6) is -1.27. The molecule has 0 spiro atoms. The molecule has 1 heterocycles. The second-order valence-corrected chi connectivity index (χ2v) is 3.15. The molecule has 4 nitrogen and oxygen atoms in total. The number of carboxylic acids is 1. The summed E-state index contributed by atoms with van der Waals surface area (Å²) in [6, 6.07) is 7.17. The van der Waals surface area contributed by atoms with Crippen LogP contribution in [-0.2, 0) is 6.42 Å². The van der Waals surface area contributed by atoms with Gasteiger partial charge in [0.05, 0.1) is 22.7 Å². The van der Waals surface area contributed by atoms with Crippen molar-refractivity contribution in [2.24, 2.45) is 0 Å². The molecular weight excluding hydrogens is 192 g/mol. The van der Waals surface area contributed by atoms with Crippen molar-refractivity contribution in [3.8, 4) is 0 Å². The molecule has 2 rings (SSSR count). The fourth-order valence-electron chi connectivity index (χ4n) is 1.45. The Kier molecular flexibility index (Phi) is 2.33. The van der Waals surface area contributed by atoms with Gasteiger partial charge < -0.3 is 9.90 Å². The van der Waals surface area contributed by atoms with Gasteiger partial charge >= 0.3 is 0 Å². The maximum absolute atomic E-state index is 10.8. The molecule has 0 aliphatic rings. The number of carboxylic acid groups (broad SMARTS) is 1. The second kappa shape index (κ2) is 3.65. The highest BCUT2D eigenvalue weighted by Gasteiger charge is 2.07. The molecule has 1 aromatic heterocycles. The number of aromatic nitrogens is 2. The molecule has 1 aromatic carbocycles. The highest BCUT2D eigenvalue weighted by atomic mass is 16.4. The number of hydrogen-bond donors (Lipinski definition) is 0. The Morgan fingerprint density at radius 3 is 2.40 bits per heavy atom. The summed E-state index contributed by atoms with van der Waals surface area (Å²) >= 11 is 0. The first-order chi connectivity index (χ1) is 7.22. The van der Waals surface area contributed by atoms with Gasteiger partial charge in [0.25, 0.3) is 0 Å². The van der Waals surface area contributed by atoms with E-state index in [9.17, 15) is 9.90 Å². The highest BCUT2D eigenvalue weighted by Crippen LogP contribution is 2.12. The van der Waals surface area contributed by atoms with Gasteiger partial charge in [0.1, 0.15) is 5.69 Å². The van der Waals surface area contributed by atoms with Crippen molar-refractivity contribution in [3.05, 3.63) is 35.7 Å². The maximum Gasteiger partial charge on any atom is 0.108 e. The molecule has 0 saturated heterocycles. The zero-order valence-corrected chi connectivity index (χ0v) is 8.23. The molecule has 0 unspecified atom stereocenters. The van der Waals surface area contributed by atoms with Crippen LogP contribution in [0.5, 0.6) is 0 Å². The van der Waals surface area contributed by atoms with Gasteiger partial charge in [-0.3, -0.25) is 0 Å². The van der Waals surface area contributed by atoms with Crippen molar-refractivity contribution in [1.82, 2.24) is 9.97 Å². The first kappa shape index (κ1) is 9.58. The van der Waals surface area contributed by atoms with E-state index in [0.29, 0.717) is 23.1 Å². The molecule has 0 atom stereocenters. The van der Waals surface area contributed by atoms with Crippen molar-refractivity contribution in [2.45, 2.75) is 13.3 Å². The predicted octanol–water partition coefficient (Wildman–Crippen LogP) is 0.556. The quantitative estimate of drug-likeness (QED) is 0.711. The summed E-state index contributed by atoms with van der Waals surface area (Å²) in [4.78, 5) is 19.1. The Morgan fingerprint density at radius 2 is 1.87 bits per heavy atom. The Hall–Kier alpha value is -1.97. The first-order valence-electron chi connectivity index (χ1n) is 4.69. The normalized spacial score (nSPS) is 10.5. The second-order valence-electron chi connectivity index (χ2n) is 3.15. The van der Waals surface area contributed by atoms with Crippen molar-refractivity contribution in [1.29, 1.82) is 0 Å². The summed E-state index contributed by atoms with van der Waals surface area (Å²) < 4.78 is 0. The number of nitrogens with zero attached hydrogens (tertiary/aromatic N) is 2. The summed E-state index contributed by atoms with van der Waals surface area (Å²) in [6.07, 6.45) is 0.529. The molecule has 0 amide bonds. The SMILES string of the molecule is CCc1nc2ccccc2nc1C(=O)[O-]. The largest absolute Gasteiger partial charge is 0.543 e. The van der Waals surface area contributed by atoms with Crippen molar-refractivity contribution < 1.29 is 9.90 Å². The molecule has 0 aliphatic heterocycles. The van der Waals surface area contributed by atoms with Crippen molar-refractivity contribution in [3.63, 3.8) is 0 Å². The van der Waals surface area contributed by atoms with Crippen LogP contribution < -0.4 is 5.11 Å². The third-order valence-corrected chi connectivity index (χ3v) is 2.17. The third-order valence-electron chi connectivity index (χ3n) is 2.17. The fraction of sp³-hybridized carbons (Fsp3) is 0.182. The van der Waals surface area contributed by atoms with Crippen LogP contribution in [0.3, 0.4) is 0 Å². The number of carbonyl (C=O) groups excluding carboxylic acids is 1. The lowest BCUT2D eigenvalue weighted by Gasteiger charge is -2.08. The van der Waals surface area contributed by atoms with E-state index in [-0.39, 0.29) is 5.69 Å². The third kappa shape index (κ3) is 1.66. The molecule has 0 saturated carbocycles. The van der Waals surface area contributed by atoms with E-state index in [0.717, 1.165) is 0 Å². The van der Waals surface area contributed by atoms with Gasteiger partial charge in [-0.05, 0) is 18.6 Å². The fourth-order valence-corrected chi connectivity index (χ4v) is 1.45. The topological polar surface area (TPSA) is 65.9 Å². The number of carbonyl (C=O) groups is 1. The van der Waals surface area contributed by atoms with Gasteiger partial charge in [-0.15, -0.1) is 0 Å². The summed E-state index contributed by atoms with van der Waals surface area (Å²) in [5.41, 5.74) is 1.69. The molecule has 0 radical (unpaired) electrons. The predicted molar refractivity (Wildman–Crippen MR) is 53.2 cm³/mol. The Labute approximate surface area is 86.6 Å². The van der Waals surface area contributed by atoms with Gasteiger partial charge in [-0.1, -0.05) is 19.1 Å². The van der Waals surface area contributed by atoms with Crippen LogP contribution in [0.2, 0.25) is 0 Å². The van der Waals surface area contributed by atoms with Crippen LogP contribution in [0.4, 0.5) is 0 Å². The molecule has 2 aromatic rings. The lowest BCUT2D eigenvalue weighted by atomic mass is 10.2. The lowest BCUT2D eigenvalue weighted by molar-refractivity contribution is -0.255. The van der Waals surface area contributed by atoms with E-state index in [1.807, 2.05) is 13.0 Å². The number of para-hydroxylation sites is 2. The van der Waals surface area contributed by atoms with Crippen LogP contribution in [0.15, 0.2) is 24.3 Å². The number of aromatic carboxylic acids is 1. The van der Waals surface area contributed by atoms with E-state index in [1.165, 1.54) is 0 Å². The van der Waals surface area contributed by atoms with Crippen LogP contribution in [0.25, 0.3) is 11.0 Å². The van der Waals surface area contributed by atoms with Gasteiger partial charge in [-0.2, -0.15) is 0 Å². The average molecular weight is 201 g/mol. The average Bonchev–Trinajstić information content (AvgIpc) is 2.27. The number of benzene rings is 1. The summed E-state index contributed by atoms with van der Waals surface area (Å²) in [5, 5.41) is 10.8. The van der Waals surface area contributed by atoms with Crippen LogP contribution in [-0.4, -0.2) is 15.9 Å². The molecule has 0 fully saturated rings. The van der Waals surface area contributed by atoms with Gasteiger partial charge in [0, 0.05) is 0 Å². The Bertz CT molecular complexity index is 523. The smallest absolute Gasteiger partial charge is 0.108 e. The molecule has 0 bridgehead atoms. The lowest BCUT2D eigenvalue weighted by Crippen LogP contribution is -2.25. The van der Waals surface area contributed by atoms with Crippen molar-refractivity contribution in [2.75, 3.05) is 0 Å². The van der Waals surface area contributed by atoms with Crippen LogP contribution >= 0.6 is 0 Å². The minimum Gasteiger partial charge on any atom is -0.543 e. The van der Waals surface area contributed by atoms with Crippen molar-refractivity contribution >= 4 is 17.0 Å². The molecule has 4 heteroatoms. The van der Waals surface area contributed by atoms with Gasteiger partial charge in [0.2, 0.25) is 0 Å². The van der Waals surface area contributed by atoms with E-state index in [4.69, 9.17) is 0 Å². The molecule has 0 N–H and O–H groups in total. The zero-order chi connectivity index (χ0) is 10.8. The maximum atomic E-state index is 10.8. The Balaban J connectivity index is 2.74. The number of hydrogen-bond acceptors (Lipinski definition) is 4. The van der Waals surface area contributed by atoms with Crippen LogP contribution in [0, 0.1) is 0 Å². The number of fused-ring (bicyclic) bond motifs is 1. The minimum atomic E-state index is -1.27. The van der Waals surface area contributed by atoms with E-state index >= 15 is 0 Å². The first-order valence-corrected chi connectivity index (χ1v) is 4.69. The summed E-state index contributed by atoms with van der Waals surface area (Å²) in [7, 11) is 0. The molecular formula is C11H9N2O2-. The van der Waals surface area contributed by atoms with E-state index < -0.39 is 5.97 Å². The number of aryl methyl sites for hydroxylation is 1.